The highest BCUT2D eigenvalue weighted by atomic mass is 32.2. The molecule has 0 aliphatic carbocycles. The van der Waals surface area contributed by atoms with Crippen LogP contribution in [0.1, 0.15) is 16.9 Å². The maximum absolute atomic E-state index is 12.0. The first kappa shape index (κ1) is 18.0. The van der Waals surface area contributed by atoms with E-state index in [2.05, 4.69) is 19.8 Å². The molecular formula is C14H18N2O5S. The summed E-state index contributed by atoms with van der Waals surface area (Å²) in [4.78, 5) is 38.6. The molecule has 1 amide bonds. The summed E-state index contributed by atoms with van der Waals surface area (Å²) < 4.78 is 9.19. The van der Waals surface area contributed by atoms with Gasteiger partial charge in [-0.1, -0.05) is 6.07 Å². The smallest absolute Gasteiger partial charge is 0.328 e. The largest absolute Gasteiger partial charge is 0.468 e. The molecule has 1 atom stereocenters. The SMILES string of the molecule is COC(=O)CSCCC(NC(=O)c1ccccn1)C(=O)OC. The first-order chi connectivity index (χ1) is 10.6. The van der Waals surface area contributed by atoms with Gasteiger partial charge < -0.3 is 14.8 Å². The molecule has 0 radical (unpaired) electrons. The molecule has 0 aliphatic heterocycles. The summed E-state index contributed by atoms with van der Waals surface area (Å²) in [5, 5.41) is 2.58. The summed E-state index contributed by atoms with van der Waals surface area (Å²) in [6.07, 6.45) is 1.83. The Morgan fingerprint density at radius 2 is 2.05 bits per heavy atom. The van der Waals surface area contributed by atoms with Gasteiger partial charge in [-0.25, -0.2) is 4.79 Å². The zero-order valence-corrected chi connectivity index (χ0v) is 13.2. The number of thioether (sulfide) groups is 1. The molecular weight excluding hydrogens is 308 g/mol. The fourth-order valence-corrected chi connectivity index (χ4v) is 2.37. The normalized spacial score (nSPS) is 11.4. The van der Waals surface area contributed by atoms with E-state index in [0.717, 1.165) is 0 Å². The van der Waals surface area contributed by atoms with Gasteiger partial charge in [-0.15, -0.1) is 0 Å². The third kappa shape index (κ3) is 6.13. The van der Waals surface area contributed by atoms with Gasteiger partial charge in [0, 0.05) is 6.20 Å². The zero-order valence-electron chi connectivity index (χ0n) is 12.4. The number of ether oxygens (including phenoxy) is 2. The average Bonchev–Trinajstić information content (AvgIpc) is 2.57. The van der Waals surface area contributed by atoms with Crippen molar-refractivity contribution >= 4 is 29.6 Å². The highest BCUT2D eigenvalue weighted by Crippen LogP contribution is 2.07. The Morgan fingerprint density at radius 1 is 1.27 bits per heavy atom. The van der Waals surface area contributed by atoms with Crippen molar-refractivity contribution in [1.29, 1.82) is 0 Å². The van der Waals surface area contributed by atoms with Gasteiger partial charge in [0.25, 0.3) is 5.91 Å². The second-order valence-electron chi connectivity index (χ2n) is 4.18. The number of aromatic nitrogens is 1. The van der Waals surface area contributed by atoms with Gasteiger partial charge in [-0.2, -0.15) is 11.8 Å². The highest BCUT2D eigenvalue weighted by Gasteiger charge is 2.22. The average molecular weight is 326 g/mol. The van der Waals surface area contributed by atoms with Gasteiger partial charge in [-0.3, -0.25) is 14.6 Å². The first-order valence-corrected chi connectivity index (χ1v) is 7.68. The number of amides is 1. The van der Waals surface area contributed by atoms with Crippen molar-refractivity contribution in [3.63, 3.8) is 0 Å². The second kappa shape index (κ2) is 9.78. The third-order valence-corrected chi connectivity index (χ3v) is 3.65. The number of rotatable bonds is 8. The molecule has 22 heavy (non-hydrogen) atoms. The molecule has 1 unspecified atom stereocenters. The maximum Gasteiger partial charge on any atom is 0.328 e. The summed E-state index contributed by atoms with van der Waals surface area (Å²) in [5.41, 5.74) is 0.221. The lowest BCUT2D eigenvalue weighted by Crippen LogP contribution is -2.42. The number of pyridine rings is 1. The standard InChI is InChI=1S/C14H18N2O5S/c1-20-12(17)9-22-8-6-11(14(19)21-2)16-13(18)10-5-3-4-7-15-10/h3-5,7,11H,6,8-9H2,1-2H3,(H,16,18). The molecule has 8 heteroatoms. The Kier molecular flexibility index (Phi) is 7.98. The van der Waals surface area contributed by atoms with Crippen molar-refractivity contribution < 1.29 is 23.9 Å². The number of esters is 2. The van der Waals surface area contributed by atoms with E-state index in [1.165, 1.54) is 32.2 Å². The topological polar surface area (TPSA) is 94.6 Å². The molecule has 7 nitrogen and oxygen atoms in total. The molecule has 0 spiro atoms. The number of carbonyl (C=O) groups is 3. The van der Waals surface area contributed by atoms with E-state index >= 15 is 0 Å². The molecule has 1 N–H and O–H groups in total. The van der Waals surface area contributed by atoms with Crippen molar-refractivity contribution in [2.75, 3.05) is 25.7 Å². The highest BCUT2D eigenvalue weighted by molar-refractivity contribution is 7.99. The Balaban J connectivity index is 2.52. The van der Waals surface area contributed by atoms with Gasteiger partial charge in [0.15, 0.2) is 0 Å². The van der Waals surface area contributed by atoms with Crippen LogP contribution in [0.5, 0.6) is 0 Å². The van der Waals surface area contributed by atoms with Crippen LogP contribution in [0.25, 0.3) is 0 Å². The minimum atomic E-state index is -0.787. The summed E-state index contributed by atoms with van der Waals surface area (Å²) in [6, 6.07) is 4.14. The summed E-state index contributed by atoms with van der Waals surface area (Å²) in [6.45, 7) is 0. The van der Waals surface area contributed by atoms with E-state index in [-0.39, 0.29) is 17.4 Å². The molecule has 120 valence electrons. The van der Waals surface area contributed by atoms with E-state index in [0.29, 0.717) is 12.2 Å². The quantitative estimate of drug-likeness (QED) is 0.553. The fraction of sp³-hybridized carbons (Fsp3) is 0.429. The number of carbonyl (C=O) groups excluding carboxylic acids is 3. The Morgan fingerprint density at radius 3 is 2.64 bits per heavy atom. The number of hydrogen-bond donors (Lipinski definition) is 1. The van der Waals surface area contributed by atoms with Gasteiger partial charge in [-0.05, 0) is 24.3 Å². The van der Waals surface area contributed by atoms with Crippen molar-refractivity contribution in [2.24, 2.45) is 0 Å². The fourth-order valence-electron chi connectivity index (χ4n) is 1.54. The molecule has 0 fully saturated rings. The lowest BCUT2D eigenvalue weighted by molar-refractivity contribution is -0.143. The van der Waals surface area contributed by atoms with Crippen LogP contribution in [-0.4, -0.2) is 54.6 Å². The van der Waals surface area contributed by atoms with Crippen molar-refractivity contribution in [3.05, 3.63) is 30.1 Å². The third-order valence-electron chi connectivity index (χ3n) is 2.69. The van der Waals surface area contributed by atoms with Crippen LogP contribution in [-0.2, 0) is 19.1 Å². The van der Waals surface area contributed by atoms with Crippen LogP contribution in [0.2, 0.25) is 0 Å². The van der Waals surface area contributed by atoms with E-state index in [9.17, 15) is 14.4 Å². The number of nitrogens with one attached hydrogen (secondary N) is 1. The van der Waals surface area contributed by atoms with Crippen molar-refractivity contribution in [1.82, 2.24) is 10.3 Å². The van der Waals surface area contributed by atoms with Crippen LogP contribution in [0.15, 0.2) is 24.4 Å². The minimum Gasteiger partial charge on any atom is -0.468 e. The summed E-state index contributed by atoms with van der Waals surface area (Å²) in [7, 11) is 2.57. The van der Waals surface area contributed by atoms with Crippen molar-refractivity contribution in [3.8, 4) is 0 Å². The summed E-state index contributed by atoms with van der Waals surface area (Å²) >= 11 is 1.32. The van der Waals surface area contributed by atoms with Crippen LogP contribution in [0.3, 0.4) is 0 Å². The van der Waals surface area contributed by atoms with E-state index in [4.69, 9.17) is 0 Å². The molecule has 0 saturated carbocycles. The molecule has 1 heterocycles. The van der Waals surface area contributed by atoms with E-state index in [1.54, 1.807) is 18.2 Å². The molecule has 1 aromatic heterocycles. The second-order valence-corrected chi connectivity index (χ2v) is 5.29. The van der Waals surface area contributed by atoms with Gasteiger partial charge in [0.2, 0.25) is 0 Å². The molecule has 0 saturated heterocycles. The molecule has 1 rings (SSSR count). The van der Waals surface area contributed by atoms with E-state index < -0.39 is 17.9 Å². The van der Waals surface area contributed by atoms with Crippen LogP contribution < -0.4 is 5.32 Å². The van der Waals surface area contributed by atoms with Crippen molar-refractivity contribution in [2.45, 2.75) is 12.5 Å². The Labute approximate surface area is 132 Å². The van der Waals surface area contributed by atoms with Gasteiger partial charge >= 0.3 is 11.9 Å². The lowest BCUT2D eigenvalue weighted by Gasteiger charge is -2.15. The van der Waals surface area contributed by atoms with Crippen LogP contribution in [0, 0.1) is 0 Å². The molecule has 1 aromatic rings. The predicted octanol–water partition coefficient (Wildman–Crippen LogP) is 0.649. The number of methoxy groups -OCH3 is 2. The molecule has 0 bridgehead atoms. The first-order valence-electron chi connectivity index (χ1n) is 6.52. The molecule has 0 aliphatic rings. The zero-order chi connectivity index (χ0) is 16.4. The maximum atomic E-state index is 12.0. The van der Waals surface area contributed by atoms with E-state index in [1.807, 2.05) is 0 Å². The Bertz CT molecular complexity index is 509. The number of hydrogen-bond acceptors (Lipinski definition) is 7. The number of nitrogens with zero attached hydrogens (tertiary/aromatic N) is 1. The van der Waals surface area contributed by atoms with Gasteiger partial charge in [0.05, 0.1) is 20.0 Å². The minimum absolute atomic E-state index is 0.193. The lowest BCUT2D eigenvalue weighted by atomic mass is 10.2. The Hall–Kier alpha value is -2.09. The van der Waals surface area contributed by atoms with Crippen LogP contribution in [0.4, 0.5) is 0 Å². The van der Waals surface area contributed by atoms with Gasteiger partial charge in [0.1, 0.15) is 11.7 Å². The van der Waals surface area contributed by atoms with Crippen LogP contribution >= 0.6 is 11.8 Å². The monoisotopic (exact) mass is 326 g/mol. The predicted molar refractivity (Wildman–Crippen MR) is 81.5 cm³/mol. The summed E-state index contributed by atoms with van der Waals surface area (Å²) in [5.74, 6) is -0.635. The molecule has 0 aromatic carbocycles.